The van der Waals surface area contributed by atoms with Gasteiger partial charge in [0, 0.05) is 5.57 Å². The van der Waals surface area contributed by atoms with Gasteiger partial charge in [-0.15, -0.1) is 0 Å². The predicted molar refractivity (Wildman–Crippen MR) is 96.3 cm³/mol. The van der Waals surface area contributed by atoms with E-state index in [0.717, 1.165) is 25.7 Å². The van der Waals surface area contributed by atoms with E-state index in [1.165, 1.54) is 0 Å². The molecule has 1 aliphatic carbocycles. The van der Waals surface area contributed by atoms with Crippen molar-refractivity contribution >= 4 is 21.8 Å². The minimum absolute atomic E-state index is 0.0151. The van der Waals surface area contributed by atoms with E-state index >= 15 is 0 Å². The molecule has 2 amide bonds. The first-order chi connectivity index (χ1) is 12.7. The van der Waals surface area contributed by atoms with Crippen LogP contribution in [-0.4, -0.2) is 37.7 Å². The maximum atomic E-state index is 12.1. The Balaban J connectivity index is 1.66. The number of nitrogens with two attached hydrogens (primary N) is 1. The first kappa shape index (κ1) is 19.7. The summed E-state index contributed by atoms with van der Waals surface area (Å²) in [4.78, 5) is 23.8. The van der Waals surface area contributed by atoms with E-state index in [4.69, 9.17) is 15.1 Å². The molecule has 0 aromatic carbocycles. The summed E-state index contributed by atoms with van der Waals surface area (Å²) in [6.45, 7) is 1.59. The molecule has 2 atom stereocenters. The number of sulfonamides is 1. The van der Waals surface area contributed by atoms with Crippen molar-refractivity contribution in [1.29, 1.82) is 5.26 Å². The summed E-state index contributed by atoms with van der Waals surface area (Å²) in [5.74, 6) is -0.911. The molecule has 146 valence electrons. The van der Waals surface area contributed by atoms with Gasteiger partial charge in [0.15, 0.2) is 0 Å². The Morgan fingerprint density at radius 3 is 2.41 bits per heavy atom. The van der Waals surface area contributed by atoms with Crippen LogP contribution in [0.4, 0.5) is 0 Å². The fraction of sp³-hybridized carbons (Fsp3) is 0.611. The summed E-state index contributed by atoms with van der Waals surface area (Å²) in [5.41, 5.74) is 0.610. The van der Waals surface area contributed by atoms with Crippen LogP contribution in [0.5, 0.6) is 0 Å². The Morgan fingerprint density at radius 1 is 1.15 bits per heavy atom. The third-order valence-electron chi connectivity index (χ3n) is 5.74. The van der Waals surface area contributed by atoms with Crippen molar-refractivity contribution in [3.8, 4) is 6.07 Å². The Bertz CT molecular complexity index is 860. The molecule has 3 N–H and O–H groups in total. The van der Waals surface area contributed by atoms with Crippen LogP contribution in [0.15, 0.2) is 22.8 Å². The van der Waals surface area contributed by atoms with Crippen molar-refractivity contribution < 1.29 is 22.7 Å². The summed E-state index contributed by atoms with van der Waals surface area (Å²) >= 11 is 0. The number of imide groups is 1. The Labute approximate surface area is 158 Å². The van der Waals surface area contributed by atoms with Crippen molar-refractivity contribution in [2.75, 3.05) is 0 Å². The number of nitrogens with zero attached hydrogens (tertiary/aromatic N) is 1. The van der Waals surface area contributed by atoms with Crippen molar-refractivity contribution in [2.24, 2.45) is 11.1 Å². The van der Waals surface area contributed by atoms with Crippen LogP contribution < -0.4 is 10.5 Å². The zero-order valence-corrected chi connectivity index (χ0v) is 15.9. The van der Waals surface area contributed by atoms with Gasteiger partial charge in [-0.1, -0.05) is 0 Å². The van der Waals surface area contributed by atoms with Crippen LogP contribution in [-0.2, 0) is 24.3 Å². The summed E-state index contributed by atoms with van der Waals surface area (Å²) in [6, 6.07) is 1.83. The highest BCUT2D eigenvalue weighted by molar-refractivity contribution is 7.89. The maximum Gasteiger partial charge on any atom is 0.269 e. The molecule has 3 rings (SSSR count). The topological polar surface area (TPSA) is 139 Å². The molecule has 0 radical (unpaired) electrons. The number of hydrogen-bond acceptors (Lipinski definition) is 6. The van der Waals surface area contributed by atoms with E-state index in [9.17, 15) is 18.0 Å². The number of ether oxygens (including phenoxy) is 1. The SMILES string of the molecule is CC1=C(C#N)C(=O)NC(=O)/C1=C\C1CCC(C2CCC(S(N)(=O)=O)CC2)O1. The van der Waals surface area contributed by atoms with E-state index in [2.05, 4.69) is 5.32 Å². The highest BCUT2D eigenvalue weighted by atomic mass is 32.2. The molecule has 1 saturated carbocycles. The van der Waals surface area contributed by atoms with Crippen LogP contribution in [0.3, 0.4) is 0 Å². The van der Waals surface area contributed by atoms with E-state index < -0.39 is 27.1 Å². The molecular formula is C18H23N3O5S. The van der Waals surface area contributed by atoms with Crippen molar-refractivity contribution in [2.45, 2.75) is 62.9 Å². The van der Waals surface area contributed by atoms with Crippen LogP contribution in [0.2, 0.25) is 0 Å². The summed E-state index contributed by atoms with van der Waals surface area (Å²) < 4.78 is 29.0. The van der Waals surface area contributed by atoms with Crippen LogP contribution in [0.1, 0.15) is 45.4 Å². The molecule has 0 spiro atoms. The van der Waals surface area contributed by atoms with Crippen molar-refractivity contribution in [1.82, 2.24) is 5.32 Å². The predicted octanol–water partition coefficient (Wildman–Crippen LogP) is 0.804. The van der Waals surface area contributed by atoms with Gasteiger partial charge in [0.25, 0.3) is 11.8 Å². The summed E-state index contributed by atoms with van der Waals surface area (Å²) in [5, 5.41) is 16.0. The standard InChI is InChI=1S/C18H23N3O5S/c1-10-14(17(22)21-18(23)15(10)9-19)8-12-4-7-16(26-12)11-2-5-13(6-3-11)27(20,24)25/h8,11-13,16H,2-7H2,1H3,(H2,20,24,25)(H,21,22,23)/b14-8-. The Morgan fingerprint density at radius 2 is 1.81 bits per heavy atom. The normalized spacial score (nSPS) is 33.9. The van der Waals surface area contributed by atoms with Gasteiger partial charge in [-0.3, -0.25) is 14.9 Å². The van der Waals surface area contributed by atoms with Crippen molar-refractivity contribution in [3.63, 3.8) is 0 Å². The third kappa shape index (κ3) is 4.13. The van der Waals surface area contributed by atoms with E-state index in [-0.39, 0.29) is 23.7 Å². The highest BCUT2D eigenvalue weighted by Gasteiger charge is 2.37. The largest absolute Gasteiger partial charge is 0.371 e. The van der Waals surface area contributed by atoms with E-state index in [1.807, 2.05) is 6.07 Å². The number of amides is 2. The van der Waals surface area contributed by atoms with Gasteiger partial charge >= 0.3 is 0 Å². The third-order valence-corrected chi connectivity index (χ3v) is 7.14. The molecule has 0 aromatic rings. The molecule has 3 aliphatic rings. The van der Waals surface area contributed by atoms with Gasteiger partial charge in [0.1, 0.15) is 11.6 Å². The second-order valence-electron chi connectivity index (χ2n) is 7.39. The monoisotopic (exact) mass is 393 g/mol. The number of carbonyl (C=O) groups is 2. The zero-order valence-electron chi connectivity index (χ0n) is 15.1. The average molecular weight is 393 g/mol. The number of nitrogens with one attached hydrogen (secondary N) is 1. The van der Waals surface area contributed by atoms with Crippen LogP contribution in [0, 0.1) is 17.2 Å². The lowest BCUT2D eigenvalue weighted by molar-refractivity contribution is -0.126. The lowest BCUT2D eigenvalue weighted by Crippen LogP contribution is -2.38. The van der Waals surface area contributed by atoms with Gasteiger partial charge in [-0.25, -0.2) is 13.6 Å². The minimum Gasteiger partial charge on any atom is -0.371 e. The molecule has 0 bridgehead atoms. The second kappa shape index (κ2) is 7.54. The van der Waals surface area contributed by atoms with Gasteiger partial charge in [-0.05, 0) is 63.0 Å². The first-order valence-corrected chi connectivity index (χ1v) is 10.7. The summed E-state index contributed by atoms with van der Waals surface area (Å²) in [7, 11) is -3.48. The van der Waals surface area contributed by atoms with Gasteiger partial charge < -0.3 is 4.74 Å². The lowest BCUT2D eigenvalue weighted by atomic mass is 9.84. The molecule has 2 unspecified atom stereocenters. The molecule has 2 fully saturated rings. The second-order valence-corrected chi connectivity index (χ2v) is 9.24. The number of carbonyl (C=O) groups excluding carboxylic acids is 2. The highest BCUT2D eigenvalue weighted by Crippen LogP contribution is 2.37. The molecule has 2 heterocycles. The fourth-order valence-corrected chi connectivity index (χ4v) is 5.11. The number of nitriles is 1. The van der Waals surface area contributed by atoms with Gasteiger partial charge in [0.2, 0.25) is 10.0 Å². The Kier molecular flexibility index (Phi) is 5.51. The smallest absolute Gasteiger partial charge is 0.269 e. The van der Waals surface area contributed by atoms with Crippen LogP contribution in [0.25, 0.3) is 0 Å². The summed E-state index contributed by atoms with van der Waals surface area (Å²) in [6.07, 6.45) is 5.59. The van der Waals surface area contributed by atoms with Gasteiger partial charge in [-0.2, -0.15) is 5.26 Å². The number of rotatable bonds is 3. The zero-order chi connectivity index (χ0) is 19.8. The van der Waals surface area contributed by atoms with Crippen LogP contribution >= 0.6 is 0 Å². The molecule has 1 saturated heterocycles. The quantitative estimate of drug-likeness (QED) is 0.537. The Hall–Kier alpha value is -2.02. The van der Waals surface area contributed by atoms with Crippen molar-refractivity contribution in [3.05, 3.63) is 22.8 Å². The molecule has 8 nitrogen and oxygen atoms in total. The molecule has 0 aromatic heterocycles. The maximum absolute atomic E-state index is 12.1. The average Bonchev–Trinajstić information content (AvgIpc) is 3.07. The molecular weight excluding hydrogens is 370 g/mol. The molecule has 27 heavy (non-hydrogen) atoms. The molecule has 9 heteroatoms. The molecule has 2 aliphatic heterocycles. The van der Waals surface area contributed by atoms with E-state index in [1.54, 1.807) is 13.0 Å². The fourth-order valence-electron chi connectivity index (χ4n) is 4.18. The minimum atomic E-state index is -3.48. The lowest BCUT2D eigenvalue weighted by Gasteiger charge is -2.30. The van der Waals surface area contributed by atoms with E-state index in [0.29, 0.717) is 24.0 Å². The van der Waals surface area contributed by atoms with Gasteiger partial charge in [0.05, 0.1) is 17.5 Å². The number of primary sulfonamides is 1. The number of hydrogen-bond donors (Lipinski definition) is 2. The first-order valence-electron chi connectivity index (χ1n) is 9.06.